The molecule has 1 heterocycles. The van der Waals surface area contributed by atoms with Gasteiger partial charge in [-0.25, -0.2) is 0 Å². The van der Waals surface area contributed by atoms with E-state index in [4.69, 9.17) is 4.74 Å². The van der Waals surface area contributed by atoms with Crippen LogP contribution in [0.5, 0.6) is 5.75 Å². The number of hydrogen-bond donors (Lipinski definition) is 1. The smallest absolute Gasteiger partial charge is 0.260 e. The maximum Gasteiger partial charge on any atom is 0.260 e. The van der Waals surface area contributed by atoms with Crippen LogP contribution < -0.4 is 4.74 Å². The van der Waals surface area contributed by atoms with Gasteiger partial charge in [0.2, 0.25) is 0 Å². The van der Waals surface area contributed by atoms with Crippen LogP contribution >= 0.6 is 15.9 Å². The Kier molecular flexibility index (Phi) is 5.05. The molecule has 1 aromatic rings. The van der Waals surface area contributed by atoms with E-state index in [0.717, 1.165) is 16.5 Å². The van der Waals surface area contributed by atoms with Gasteiger partial charge in [-0.1, -0.05) is 13.0 Å². The number of ether oxygens (including phenoxy) is 1. The molecule has 4 nitrogen and oxygen atoms in total. The normalized spacial score (nSPS) is 22.7. The van der Waals surface area contributed by atoms with E-state index in [-0.39, 0.29) is 18.4 Å². The highest BCUT2D eigenvalue weighted by atomic mass is 79.9. The summed E-state index contributed by atoms with van der Waals surface area (Å²) in [5.41, 5.74) is 1.13. The third-order valence-electron chi connectivity index (χ3n) is 3.71. The summed E-state index contributed by atoms with van der Waals surface area (Å²) in [7, 11) is 0. The molecule has 0 spiro atoms. The zero-order chi connectivity index (χ0) is 14.7. The highest BCUT2D eigenvalue weighted by Gasteiger charge is 2.27. The highest BCUT2D eigenvalue weighted by molar-refractivity contribution is 9.10. The molecule has 0 bridgehead atoms. The third-order valence-corrected chi connectivity index (χ3v) is 4.33. The largest absolute Gasteiger partial charge is 0.483 e. The van der Waals surface area contributed by atoms with Crippen LogP contribution in [-0.4, -0.2) is 41.7 Å². The fraction of sp³-hybridized carbons (Fsp3) is 0.533. The first-order valence-electron chi connectivity index (χ1n) is 6.82. The number of likely N-dealkylation sites (tertiary alicyclic amines) is 1. The van der Waals surface area contributed by atoms with Crippen LogP contribution in [0, 0.1) is 12.8 Å². The maximum atomic E-state index is 12.1. The number of carbonyl (C=O) groups is 1. The lowest BCUT2D eigenvalue weighted by molar-refractivity contribution is -0.137. The van der Waals surface area contributed by atoms with Crippen LogP contribution in [0.4, 0.5) is 0 Å². The number of piperidine rings is 1. The van der Waals surface area contributed by atoms with Gasteiger partial charge < -0.3 is 14.7 Å². The molecule has 1 saturated heterocycles. The minimum absolute atomic E-state index is 0.00274. The van der Waals surface area contributed by atoms with Crippen LogP contribution in [0.25, 0.3) is 0 Å². The Labute approximate surface area is 127 Å². The molecule has 1 fully saturated rings. The zero-order valence-electron chi connectivity index (χ0n) is 11.8. The molecule has 2 rings (SSSR count). The minimum atomic E-state index is -0.432. The van der Waals surface area contributed by atoms with Crippen molar-refractivity contribution in [1.29, 1.82) is 0 Å². The molecule has 0 aromatic heterocycles. The first-order valence-corrected chi connectivity index (χ1v) is 7.61. The fourth-order valence-corrected chi connectivity index (χ4v) is 2.84. The Morgan fingerprint density at radius 1 is 1.55 bits per heavy atom. The summed E-state index contributed by atoms with van der Waals surface area (Å²) >= 11 is 3.42. The molecule has 20 heavy (non-hydrogen) atoms. The van der Waals surface area contributed by atoms with Gasteiger partial charge in [0.1, 0.15) is 5.75 Å². The van der Waals surface area contributed by atoms with E-state index in [0.29, 0.717) is 18.8 Å². The number of β-amino-alcohol motifs (C(OH)–C–C–N with tert-alkyl or cyclic N) is 1. The van der Waals surface area contributed by atoms with Crippen LogP contribution in [0.3, 0.4) is 0 Å². The minimum Gasteiger partial charge on any atom is -0.483 e. The van der Waals surface area contributed by atoms with E-state index in [9.17, 15) is 9.90 Å². The first kappa shape index (κ1) is 15.3. The lowest BCUT2D eigenvalue weighted by Crippen LogP contribution is -2.47. The van der Waals surface area contributed by atoms with E-state index in [1.54, 1.807) is 4.90 Å². The lowest BCUT2D eigenvalue weighted by atomic mass is 9.96. The molecule has 1 aliphatic rings. The molecule has 2 atom stereocenters. The monoisotopic (exact) mass is 341 g/mol. The Bertz CT molecular complexity index is 492. The Morgan fingerprint density at radius 2 is 2.30 bits per heavy atom. The number of rotatable bonds is 3. The van der Waals surface area contributed by atoms with Gasteiger partial charge in [0.25, 0.3) is 5.91 Å². The summed E-state index contributed by atoms with van der Waals surface area (Å²) in [6.07, 6.45) is 0.403. The predicted molar refractivity (Wildman–Crippen MR) is 80.7 cm³/mol. The van der Waals surface area contributed by atoms with Crippen LogP contribution in [-0.2, 0) is 4.79 Å². The fourth-order valence-electron chi connectivity index (χ4n) is 2.23. The second-order valence-corrected chi connectivity index (χ2v) is 6.25. The second-order valence-electron chi connectivity index (χ2n) is 5.40. The number of nitrogens with zero attached hydrogens (tertiary/aromatic N) is 1. The standard InChI is InChI=1S/C15H20BrNO3/c1-10-3-4-14(12(16)7-10)20-9-15(19)17-6-5-11(2)13(18)8-17/h3-4,7,11,13,18H,5-6,8-9H2,1-2H3. The molecule has 5 heteroatoms. The summed E-state index contributed by atoms with van der Waals surface area (Å²) in [5.74, 6) is 0.838. The summed E-state index contributed by atoms with van der Waals surface area (Å²) in [4.78, 5) is 13.7. The van der Waals surface area contributed by atoms with E-state index >= 15 is 0 Å². The van der Waals surface area contributed by atoms with Crippen molar-refractivity contribution in [2.24, 2.45) is 5.92 Å². The van der Waals surface area contributed by atoms with Crippen molar-refractivity contribution in [3.63, 3.8) is 0 Å². The SMILES string of the molecule is Cc1ccc(OCC(=O)N2CCC(C)C(O)C2)c(Br)c1. The molecule has 1 aromatic carbocycles. The van der Waals surface area contributed by atoms with Gasteiger partial charge in [0.15, 0.2) is 6.61 Å². The van der Waals surface area contributed by atoms with Gasteiger partial charge in [-0.05, 0) is 52.9 Å². The van der Waals surface area contributed by atoms with Crippen molar-refractivity contribution in [2.75, 3.05) is 19.7 Å². The molecule has 0 saturated carbocycles. The maximum absolute atomic E-state index is 12.1. The molecule has 2 unspecified atom stereocenters. The molecule has 0 radical (unpaired) electrons. The van der Waals surface area contributed by atoms with Crippen LogP contribution in [0.2, 0.25) is 0 Å². The van der Waals surface area contributed by atoms with Crippen molar-refractivity contribution >= 4 is 21.8 Å². The highest BCUT2D eigenvalue weighted by Crippen LogP contribution is 2.26. The molecule has 1 amide bonds. The van der Waals surface area contributed by atoms with Gasteiger partial charge >= 0.3 is 0 Å². The van der Waals surface area contributed by atoms with Gasteiger partial charge in [-0.15, -0.1) is 0 Å². The molecule has 110 valence electrons. The Hall–Kier alpha value is -1.07. The topological polar surface area (TPSA) is 49.8 Å². The summed E-state index contributed by atoms with van der Waals surface area (Å²) < 4.78 is 6.39. The van der Waals surface area contributed by atoms with Gasteiger partial charge in [-0.3, -0.25) is 4.79 Å². The van der Waals surface area contributed by atoms with E-state index in [1.807, 2.05) is 32.0 Å². The van der Waals surface area contributed by atoms with Crippen molar-refractivity contribution in [2.45, 2.75) is 26.4 Å². The van der Waals surface area contributed by atoms with Crippen molar-refractivity contribution in [1.82, 2.24) is 4.90 Å². The molecule has 1 aliphatic heterocycles. The van der Waals surface area contributed by atoms with Crippen molar-refractivity contribution < 1.29 is 14.6 Å². The summed E-state index contributed by atoms with van der Waals surface area (Å²) in [6, 6.07) is 5.74. The molecule has 0 aliphatic carbocycles. The number of aliphatic hydroxyl groups excluding tert-OH is 1. The lowest BCUT2D eigenvalue weighted by Gasteiger charge is -2.34. The van der Waals surface area contributed by atoms with Gasteiger partial charge in [-0.2, -0.15) is 0 Å². The third kappa shape index (κ3) is 3.73. The number of aliphatic hydroxyl groups is 1. The Morgan fingerprint density at radius 3 is 2.95 bits per heavy atom. The van der Waals surface area contributed by atoms with E-state index in [2.05, 4.69) is 15.9 Å². The van der Waals surface area contributed by atoms with E-state index in [1.165, 1.54) is 0 Å². The van der Waals surface area contributed by atoms with E-state index < -0.39 is 6.10 Å². The number of hydrogen-bond acceptors (Lipinski definition) is 3. The first-order chi connectivity index (χ1) is 9.47. The average molecular weight is 342 g/mol. The van der Waals surface area contributed by atoms with Crippen LogP contribution in [0.1, 0.15) is 18.9 Å². The predicted octanol–water partition coefficient (Wildman–Crippen LogP) is 2.37. The zero-order valence-corrected chi connectivity index (χ0v) is 13.4. The van der Waals surface area contributed by atoms with Crippen molar-refractivity contribution in [3.05, 3.63) is 28.2 Å². The molecular weight excluding hydrogens is 322 g/mol. The number of benzene rings is 1. The molecular formula is C15H20BrNO3. The van der Waals surface area contributed by atoms with Crippen molar-refractivity contribution in [3.8, 4) is 5.75 Å². The molecule has 1 N–H and O–H groups in total. The number of aryl methyl sites for hydroxylation is 1. The van der Waals surface area contributed by atoms with Crippen LogP contribution in [0.15, 0.2) is 22.7 Å². The second kappa shape index (κ2) is 6.59. The summed E-state index contributed by atoms with van der Waals surface area (Å²) in [5, 5.41) is 9.81. The number of amides is 1. The number of halogens is 1. The Balaban J connectivity index is 1.89. The van der Waals surface area contributed by atoms with Gasteiger partial charge in [0, 0.05) is 13.1 Å². The summed E-state index contributed by atoms with van der Waals surface area (Å²) in [6.45, 7) is 5.10. The van der Waals surface area contributed by atoms with Gasteiger partial charge in [0.05, 0.1) is 10.6 Å². The quantitative estimate of drug-likeness (QED) is 0.918. The number of carbonyl (C=O) groups excluding carboxylic acids is 1. The average Bonchev–Trinajstić information content (AvgIpc) is 2.40.